The van der Waals surface area contributed by atoms with Gasteiger partial charge in [0.1, 0.15) is 0 Å². The van der Waals surface area contributed by atoms with Gasteiger partial charge >= 0.3 is 0 Å². The molecule has 0 radical (unpaired) electrons. The third-order valence-electron chi connectivity index (χ3n) is 3.93. The lowest BCUT2D eigenvalue weighted by Crippen LogP contribution is -2.17. The van der Waals surface area contributed by atoms with Crippen LogP contribution in [0.15, 0.2) is 16.2 Å². The molecule has 0 aromatic carbocycles. The van der Waals surface area contributed by atoms with Crippen LogP contribution in [0.25, 0.3) is 4.96 Å². The summed E-state index contributed by atoms with van der Waals surface area (Å²) in [7, 11) is 0. The van der Waals surface area contributed by atoms with E-state index in [1.807, 2.05) is 5.38 Å². The first-order chi connectivity index (χ1) is 9.65. The molecule has 2 heterocycles. The van der Waals surface area contributed by atoms with E-state index >= 15 is 0 Å². The van der Waals surface area contributed by atoms with Crippen LogP contribution in [0.1, 0.15) is 37.1 Å². The van der Waals surface area contributed by atoms with Crippen LogP contribution in [0.5, 0.6) is 0 Å². The van der Waals surface area contributed by atoms with Crippen molar-refractivity contribution >= 4 is 16.3 Å². The van der Waals surface area contributed by atoms with Gasteiger partial charge in [-0.1, -0.05) is 13.3 Å². The SMILES string of the molecule is CCCc1cc(=O)n2c(C3CC3(C#N)CO)csc2n1. The number of hydrogen-bond acceptors (Lipinski definition) is 5. The largest absolute Gasteiger partial charge is 0.395 e. The third-order valence-corrected chi connectivity index (χ3v) is 4.77. The number of nitrogens with zero attached hydrogens (tertiary/aromatic N) is 3. The van der Waals surface area contributed by atoms with Gasteiger partial charge in [0.05, 0.1) is 18.1 Å². The van der Waals surface area contributed by atoms with Gasteiger partial charge in [-0.25, -0.2) is 4.98 Å². The highest BCUT2D eigenvalue weighted by Crippen LogP contribution is 2.58. The highest BCUT2D eigenvalue weighted by Gasteiger charge is 2.56. The zero-order valence-corrected chi connectivity index (χ0v) is 12.0. The fraction of sp³-hybridized carbons (Fsp3) is 0.500. The minimum absolute atomic E-state index is 0.0669. The monoisotopic (exact) mass is 289 g/mol. The van der Waals surface area contributed by atoms with Gasteiger partial charge < -0.3 is 5.11 Å². The molecule has 3 rings (SSSR count). The van der Waals surface area contributed by atoms with E-state index in [-0.39, 0.29) is 18.1 Å². The van der Waals surface area contributed by atoms with Gasteiger partial charge in [-0.2, -0.15) is 5.26 Å². The summed E-state index contributed by atoms with van der Waals surface area (Å²) in [6, 6.07) is 3.75. The van der Waals surface area contributed by atoms with Gasteiger partial charge in [-0.15, -0.1) is 11.3 Å². The number of thiazole rings is 1. The summed E-state index contributed by atoms with van der Waals surface area (Å²) in [5.41, 5.74) is 0.818. The molecule has 2 aromatic rings. The third kappa shape index (κ3) is 1.86. The van der Waals surface area contributed by atoms with Crippen LogP contribution in [0, 0.1) is 16.7 Å². The number of hydrogen-bond donors (Lipinski definition) is 1. The first-order valence-electron chi connectivity index (χ1n) is 6.67. The maximum atomic E-state index is 12.3. The van der Waals surface area contributed by atoms with E-state index in [4.69, 9.17) is 0 Å². The normalized spacial score (nSPS) is 24.8. The van der Waals surface area contributed by atoms with E-state index in [2.05, 4.69) is 18.0 Å². The minimum atomic E-state index is -0.713. The van der Waals surface area contributed by atoms with Crippen molar-refractivity contribution in [3.8, 4) is 6.07 Å². The van der Waals surface area contributed by atoms with Crippen molar-refractivity contribution in [1.82, 2.24) is 9.38 Å². The van der Waals surface area contributed by atoms with Crippen molar-refractivity contribution < 1.29 is 5.11 Å². The standard InChI is InChI=1S/C14H15N3O2S/c1-2-3-9-4-12(19)17-11(6-20-13(17)16-9)10-5-14(10,7-15)8-18/h4,6,10,18H,2-3,5,8H2,1H3. The van der Waals surface area contributed by atoms with E-state index in [9.17, 15) is 15.2 Å². The Balaban J connectivity index is 2.08. The molecular formula is C14H15N3O2S. The minimum Gasteiger partial charge on any atom is -0.395 e. The van der Waals surface area contributed by atoms with Crippen LogP contribution in [0.3, 0.4) is 0 Å². The zero-order valence-electron chi connectivity index (χ0n) is 11.2. The molecule has 104 valence electrons. The lowest BCUT2D eigenvalue weighted by molar-refractivity contribution is 0.241. The fourth-order valence-electron chi connectivity index (χ4n) is 2.64. The summed E-state index contributed by atoms with van der Waals surface area (Å²) in [6.07, 6.45) is 2.35. The number of fused-ring (bicyclic) bond motifs is 1. The van der Waals surface area contributed by atoms with Crippen LogP contribution >= 0.6 is 11.3 Å². The fourth-order valence-corrected chi connectivity index (χ4v) is 3.60. The average Bonchev–Trinajstić information content (AvgIpc) is 3.02. The molecule has 6 heteroatoms. The van der Waals surface area contributed by atoms with E-state index in [1.54, 1.807) is 10.5 Å². The highest BCUT2D eigenvalue weighted by molar-refractivity contribution is 7.15. The van der Waals surface area contributed by atoms with E-state index in [1.165, 1.54) is 11.3 Å². The number of rotatable bonds is 4. The van der Waals surface area contributed by atoms with Crippen LogP contribution in [-0.4, -0.2) is 21.1 Å². The van der Waals surface area contributed by atoms with Crippen LogP contribution in [0.4, 0.5) is 0 Å². The molecule has 0 amide bonds. The summed E-state index contributed by atoms with van der Waals surface area (Å²) >= 11 is 1.42. The van der Waals surface area contributed by atoms with Crippen molar-refractivity contribution in [3.05, 3.63) is 33.2 Å². The average molecular weight is 289 g/mol. The Kier molecular flexibility index (Phi) is 3.11. The molecule has 1 aliphatic rings. The van der Waals surface area contributed by atoms with E-state index < -0.39 is 5.41 Å². The predicted octanol–water partition coefficient (Wildman–Crippen LogP) is 1.70. The molecule has 20 heavy (non-hydrogen) atoms. The van der Waals surface area contributed by atoms with Crippen molar-refractivity contribution in [2.75, 3.05) is 6.61 Å². The van der Waals surface area contributed by atoms with Crippen LogP contribution < -0.4 is 5.56 Å². The molecule has 1 N–H and O–H groups in total. The summed E-state index contributed by atoms with van der Waals surface area (Å²) in [6.45, 7) is 1.89. The summed E-state index contributed by atoms with van der Waals surface area (Å²) in [5.74, 6) is -0.0669. The molecule has 1 fully saturated rings. The summed E-state index contributed by atoms with van der Waals surface area (Å²) in [4.78, 5) is 17.4. The number of aryl methyl sites for hydroxylation is 1. The molecule has 0 saturated heterocycles. The quantitative estimate of drug-likeness (QED) is 0.929. The second-order valence-corrected chi connectivity index (χ2v) is 6.13. The Morgan fingerprint density at radius 1 is 1.70 bits per heavy atom. The van der Waals surface area contributed by atoms with E-state index in [0.29, 0.717) is 11.4 Å². The molecule has 0 bridgehead atoms. The first-order valence-corrected chi connectivity index (χ1v) is 7.55. The van der Waals surface area contributed by atoms with Crippen molar-refractivity contribution in [2.24, 2.45) is 5.41 Å². The Morgan fingerprint density at radius 2 is 2.50 bits per heavy atom. The smallest absolute Gasteiger partial charge is 0.258 e. The molecule has 2 unspecified atom stereocenters. The van der Waals surface area contributed by atoms with Crippen molar-refractivity contribution in [1.29, 1.82) is 5.26 Å². The maximum Gasteiger partial charge on any atom is 0.258 e. The van der Waals surface area contributed by atoms with Gasteiger partial charge in [0, 0.05) is 28.8 Å². The maximum absolute atomic E-state index is 12.3. The molecule has 1 aliphatic carbocycles. The molecule has 0 spiro atoms. The Morgan fingerprint density at radius 3 is 3.10 bits per heavy atom. The summed E-state index contributed by atoms with van der Waals surface area (Å²) < 4.78 is 1.59. The van der Waals surface area contributed by atoms with Gasteiger partial charge in [-0.3, -0.25) is 9.20 Å². The summed E-state index contributed by atoms with van der Waals surface area (Å²) in [5, 5.41) is 20.4. The molecule has 5 nitrogen and oxygen atoms in total. The molecule has 2 atom stereocenters. The van der Waals surface area contributed by atoms with Gasteiger partial charge in [0.25, 0.3) is 5.56 Å². The van der Waals surface area contributed by atoms with Crippen molar-refractivity contribution in [2.45, 2.75) is 32.1 Å². The Hall–Kier alpha value is -1.71. The van der Waals surface area contributed by atoms with Gasteiger partial charge in [-0.05, 0) is 12.8 Å². The van der Waals surface area contributed by atoms with E-state index in [0.717, 1.165) is 24.2 Å². The molecule has 0 aliphatic heterocycles. The second kappa shape index (κ2) is 4.69. The van der Waals surface area contributed by atoms with Gasteiger partial charge in [0.2, 0.25) is 0 Å². The molecular weight excluding hydrogens is 274 g/mol. The predicted molar refractivity (Wildman–Crippen MR) is 75.8 cm³/mol. The topological polar surface area (TPSA) is 78.4 Å². The highest BCUT2D eigenvalue weighted by atomic mass is 32.1. The van der Waals surface area contributed by atoms with Gasteiger partial charge in [0.15, 0.2) is 4.96 Å². The molecule has 1 saturated carbocycles. The van der Waals surface area contributed by atoms with Crippen molar-refractivity contribution in [3.63, 3.8) is 0 Å². The van der Waals surface area contributed by atoms with Crippen LogP contribution in [-0.2, 0) is 6.42 Å². The number of aliphatic hydroxyl groups is 1. The number of aromatic nitrogens is 2. The lowest BCUT2D eigenvalue weighted by atomic mass is 10.1. The zero-order chi connectivity index (χ0) is 14.3. The second-order valence-electron chi connectivity index (χ2n) is 5.30. The number of nitriles is 1. The van der Waals surface area contributed by atoms with Crippen LogP contribution in [0.2, 0.25) is 0 Å². The Labute approximate surface area is 120 Å². The number of aliphatic hydroxyl groups excluding tert-OH is 1. The first kappa shape index (κ1) is 13.3. The Bertz CT molecular complexity index is 758. The molecule has 2 aromatic heterocycles. The lowest BCUT2D eigenvalue weighted by Gasteiger charge is -2.04.